The molecule has 4 atom stereocenters. The van der Waals surface area contributed by atoms with Crippen molar-refractivity contribution in [3.8, 4) is 6.07 Å². The highest BCUT2D eigenvalue weighted by Crippen LogP contribution is 2.32. The number of alkyl halides is 3. The second-order valence-electron chi connectivity index (χ2n) is 9.54. The van der Waals surface area contributed by atoms with Crippen molar-refractivity contribution in [3.05, 3.63) is 47.5 Å². The van der Waals surface area contributed by atoms with Crippen LogP contribution in [0.1, 0.15) is 31.2 Å². The molecule has 1 aliphatic carbocycles. The van der Waals surface area contributed by atoms with Crippen LogP contribution in [0, 0.1) is 17.2 Å². The Bertz CT molecular complexity index is 1010. The van der Waals surface area contributed by atoms with Crippen molar-refractivity contribution in [2.24, 2.45) is 5.92 Å². The molecule has 0 bridgehead atoms. The van der Waals surface area contributed by atoms with Crippen molar-refractivity contribution in [2.45, 2.75) is 62.9 Å². The number of likely N-dealkylation sites (tertiary alicyclic amines) is 1. The van der Waals surface area contributed by atoms with Gasteiger partial charge in [0.25, 0.3) is 12.3 Å². The van der Waals surface area contributed by atoms with Crippen LogP contribution in [0.5, 0.6) is 0 Å². The second-order valence-corrected chi connectivity index (χ2v) is 9.54. The standard InChI is InChI=1S/C25H32BF3N4O5/c27-22(28)23(29)31-20(24(34)32-21(26(36)37)12-16-5-2-1-3-6-16)15-38-14-19-7-4-10-33(19)25(35)18(13-30)11-17-8-9-17/h1-3,5-6,11,17,19-23,31,36-37H,4,7-10,12,14-15H2,(H,32,34)/t19?,20?,21-,23?/m0/s1. The molecular weight excluding hydrogens is 504 g/mol. The Hall–Kier alpha value is -2.92. The number of nitrogens with one attached hydrogen (secondary N) is 2. The molecule has 1 aromatic carbocycles. The second kappa shape index (κ2) is 14.3. The van der Waals surface area contributed by atoms with Crippen LogP contribution < -0.4 is 10.6 Å². The number of nitriles is 1. The van der Waals surface area contributed by atoms with Crippen LogP contribution in [-0.4, -0.2) is 84.4 Å². The van der Waals surface area contributed by atoms with Gasteiger partial charge in [-0.1, -0.05) is 36.4 Å². The fourth-order valence-corrected chi connectivity index (χ4v) is 4.25. The molecule has 2 aliphatic rings. The first kappa shape index (κ1) is 29.6. The smallest absolute Gasteiger partial charge is 0.426 e. The molecule has 1 aliphatic heterocycles. The summed E-state index contributed by atoms with van der Waals surface area (Å²) in [6.45, 7) is -0.145. The van der Waals surface area contributed by atoms with Crippen LogP contribution in [0.4, 0.5) is 13.2 Å². The van der Waals surface area contributed by atoms with E-state index < -0.39 is 56.3 Å². The minimum absolute atomic E-state index is 0.0282. The van der Waals surface area contributed by atoms with Gasteiger partial charge in [-0.3, -0.25) is 14.9 Å². The van der Waals surface area contributed by atoms with Crippen molar-refractivity contribution in [1.29, 1.82) is 5.26 Å². The molecule has 206 valence electrons. The monoisotopic (exact) mass is 536 g/mol. The predicted molar refractivity (Wildman–Crippen MR) is 132 cm³/mol. The molecule has 0 radical (unpaired) electrons. The Morgan fingerprint density at radius 2 is 1.92 bits per heavy atom. The first-order valence-corrected chi connectivity index (χ1v) is 12.6. The molecular formula is C25H32BF3N4O5. The van der Waals surface area contributed by atoms with Gasteiger partial charge in [-0.15, -0.1) is 0 Å². The first-order chi connectivity index (χ1) is 18.2. The number of nitrogens with zero attached hydrogens (tertiary/aromatic N) is 2. The summed E-state index contributed by atoms with van der Waals surface area (Å²) < 4.78 is 45.2. The lowest BCUT2D eigenvalue weighted by Gasteiger charge is -2.27. The molecule has 38 heavy (non-hydrogen) atoms. The van der Waals surface area contributed by atoms with E-state index >= 15 is 0 Å². The van der Waals surface area contributed by atoms with E-state index in [2.05, 4.69) is 5.32 Å². The minimum Gasteiger partial charge on any atom is -0.426 e. The quantitative estimate of drug-likeness (QED) is 0.121. The molecule has 2 fully saturated rings. The van der Waals surface area contributed by atoms with E-state index in [1.165, 1.54) is 4.90 Å². The zero-order chi connectivity index (χ0) is 27.7. The molecule has 0 aromatic heterocycles. The number of ether oxygens (including phenoxy) is 1. The first-order valence-electron chi connectivity index (χ1n) is 12.6. The van der Waals surface area contributed by atoms with E-state index in [1.54, 1.807) is 36.4 Å². The fraction of sp³-hybridized carbons (Fsp3) is 0.560. The normalized spacial score (nSPS) is 20.1. The molecule has 1 saturated heterocycles. The third-order valence-corrected chi connectivity index (χ3v) is 6.49. The van der Waals surface area contributed by atoms with Crippen LogP contribution in [-0.2, 0) is 20.7 Å². The van der Waals surface area contributed by atoms with Crippen molar-refractivity contribution in [1.82, 2.24) is 15.5 Å². The average molecular weight is 536 g/mol. The van der Waals surface area contributed by atoms with Crippen molar-refractivity contribution in [3.63, 3.8) is 0 Å². The summed E-state index contributed by atoms with van der Waals surface area (Å²) in [5.74, 6) is -2.31. The minimum atomic E-state index is -3.40. The topological polar surface area (TPSA) is 135 Å². The highest BCUT2D eigenvalue weighted by Gasteiger charge is 2.34. The Labute approximate surface area is 219 Å². The number of hydrogen-bond donors (Lipinski definition) is 4. The summed E-state index contributed by atoms with van der Waals surface area (Å²) in [5, 5.41) is 33.1. The van der Waals surface area contributed by atoms with Crippen LogP contribution in [0.3, 0.4) is 0 Å². The maximum absolute atomic E-state index is 13.8. The molecule has 3 rings (SSSR count). The predicted octanol–water partition coefficient (Wildman–Crippen LogP) is 1.11. The van der Waals surface area contributed by atoms with Gasteiger partial charge in [0.15, 0.2) is 0 Å². The average Bonchev–Trinajstić information content (AvgIpc) is 3.60. The van der Waals surface area contributed by atoms with Crippen LogP contribution in [0.15, 0.2) is 42.0 Å². The number of amides is 2. The van der Waals surface area contributed by atoms with E-state index in [4.69, 9.17) is 4.74 Å². The number of benzene rings is 1. The summed E-state index contributed by atoms with van der Waals surface area (Å²) in [7, 11) is -1.96. The third kappa shape index (κ3) is 8.84. The number of allylic oxidation sites excluding steroid dienone is 1. The summed E-state index contributed by atoms with van der Waals surface area (Å²) in [6, 6.07) is 8.61. The van der Waals surface area contributed by atoms with Crippen LogP contribution in [0.25, 0.3) is 0 Å². The van der Waals surface area contributed by atoms with Gasteiger partial charge in [0.1, 0.15) is 17.7 Å². The lowest BCUT2D eigenvalue weighted by molar-refractivity contribution is -0.130. The summed E-state index contributed by atoms with van der Waals surface area (Å²) in [5.41, 5.74) is 0.753. The van der Waals surface area contributed by atoms with Crippen LogP contribution in [0.2, 0.25) is 0 Å². The number of carbonyl (C=O) groups excluding carboxylic acids is 2. The molecule has 1 aromatic rings. The summed E-state index contributed by atoms with van der Waals surface area (Å²) in [6.07, 6.45) is -1.38. The van der Waals surface area contributed by atoms with Crippen molar-refractivity contribution in [2.75, 3.05) is 19.8 Å². The van der Waals surface area contributed by atoms with Gasteiger partial charge in [-0.25, -0.2) is 13.2 Å². The third-order valence-electron chi connectivity index (χ3n) is 6.49. The van der Waals surface area contributed by atoms with E-state index in [9.17, 15) is 38.1 Å². The van der Waals surface area contributed by atoms with E-state index in [1.807, 2.05) is 11.4 Å². The fourth-order valence-electron chi connectivity index (χ4n) is 4.25. The lowest BCUT2D eigenvalue weighted by Crippen LogP contribution is -2.57. The molecule has 4 N–H and O–H groups in total. The van der Waals surface area contributed by atoms with Gasteiger partial charge in [0.05, 0.1) is 25.2 Å². The SMILES string of the molecule is N#CC(=CC1CC1)C(=O)N1CCCC1COCC(NC(F)C(F)F)C(=O)N[C@@H](Cc1ccccc1)B(O)O. The van der Waals surface area contributed by atoms with Crippen molar-refractivity contribution >= 4 is 18.9 Å². The van der Waals surface area contributed by atoms with Gasteiger partial charge in [0, 0.05) is 6.54 Å². The molecule has 9 nitrogen and oxygen atoms in total. The highest BCUT2D eigenvalue weighted by molar-refractivity contribution is 6.43. The molecule has 1 saturated carbocycles. The number of hydrogen-bond acceptors (Lipinski definition) is 7. The Morgan fingerprint density at radius 1 is 1.21 bits per heavy atom. The Morgan fingerprint density at radius 3 is 2.53 bits per heavy atom. The number of rotatable bonds is 14. The van der Waals surface area contributed by atoms with E-state index in [-0.39, 0.29) is 24.5 Å². The van der Waals surface area contributed by atoms with E-state index in [0.29, 0.717) is 24.9 Å². The van der Waals surface area contributed by atoms with Gasteiger partial charge in [0.2, 0.25) is 12.2 Å². The summed E-state index contributed by atoms with van der Waals surface area (Å²) >= 11 is 0. The van der Waals surface area contributed by atoms with Gasteiger partial charge < -0.3 is 25.0 Å². The van der Waals surface area contributed by atoms with Gasteiger partial charge >= 0.3 is 7.12 Å². The maximum atomic E-state index is 13.8. The summed E-state index contributed by atoms with van der Waals surface area (Å²) in [4.78, 5) is 27.2. The number of carbonyl (C=O) groups is 2. The molecule has 2 amide bonds. The van der Waals surface area contributed by atoms with Gasteiger partial charge in [-0.2, -0.15) is 5.26 Å². The zero-order valence-corrected chi connectivity index (χ0v) is 20.8. The highest BCUT2D eigenvalue weighted by atomic mass is 19.3. The van der Waals surface area contributed by atoms with E-state index in [0.717, 1.165) is 12.8 Å². The zero-order valence-electron chi connectivity index (χ0n) is 20.8. The van der Waals surface area contributed by atoms with Crippen molar-refractivity contribution < 1.29 is 37.5 Å². The molecule has 1 heterocycles. The molecule has 3 unspecified atom stereocenters. The lowest BCUT2D eigenvalue weighted by atomic mass is 9.76. The maximum Gasteiger partial charge on any atom is 0.475 e. The molecule has 0 spiro atoms. The van der Waals surface area contributed by atoms with Crippen LogP contribution >= 0.6 is 0 Å². The molecule has 13 heteroatoms. The largest absolute Gasteiger partial charge is 0.475 e. The Balaban J connectivity index is 1.61. The Kier molecular flexibility index (Phi) is 11.2. The van der Waals surface area contributed by atoms with Gasteiger partial charge in [-0.05, 0) is 43.6 Å². The number of halogens is 3.